The number of halogens is 1. The molecule has 0 amide bonds. The van der Waals surface area contributed by atoms with Gasteiger partial charge in [0.2, 0.25) is 0 Å². The van der Waals surface area contributed by atoms with Crippen molar-refractivity contribution in [3.8, 4) is 0 Å². The number of hydrogen-bond donors (Lipinski definition) is 1. The zero-order valence-corrected chi connectivity index (χ0v) is 10.5. The van der Waals surface area contributed by atoms with Crippen LogP contribution in [0.25, 0.3) is 0 Å². The molecule has 1 N–H and O–H groups in total. The molecule has 0 unspecified atom stereocenters. The van der Waals surface area contributed by atoms with E-state index in [-0.39, 0.29) is 0 Å². The number of pyridine rings is 1. The molecule has 2 rings (SSSR count). The van der Waals surface area contributed by atoms with Crippen LogP contribution in [0.1, 0.15) is 12.5 Å². The minimum absolute atomic E-state index is 0.599. The van der Waals surface area contributed by atoms with Crippen LogP contribution in [0.5, 0.6) is 0 Å². The van der Waals surface area contributed by atoms with E-state index in [1.807, 2.05) is 12.3 Å². The summed E-state index contributed by atoms with van der Waals surface area (Å²) < 4.78 is 0.903. The average molecular weight is 270 g/mol. The monoisotopic (exact) mass is 269 g/mol. The Morgan fingerprint density at radius 1 is 1.60 bits per heavy atom. The minimum atomic E-state index is 0.599. The molecular weight excluding hydrogens is 254 g/mol. The fourth-order valence-corrected chi connectivity index (χ4v) is 2.15. The molecule has 1 fully saturated rings. The van der Waals surface area contributed by atoms with Crippen LogP contribution < -0.4 is 5.32 Å². The Hall–Kier alpha value is -0.450. The first kappa shape index (κ1) is 11.0. The highest BCUT2D eigenvalue weighted by molar-refractivity contribution is 9.10. The van der Waals surface area contributed by atoms with Gasteiger partial charge in [-0.2, -0.15) is 0 Å². The lowest BCUT2D eigenvalue weighted by molar-refractivity contribution is 0.199. The molecule has 15 heavy (non-hydrogen) atoms. The second kappa shape index (κ2) is 5.05. The Kier molecular flexibility index (Phi) is 3.72. The maximum absolute atomic E-state index is 4.24. The number of piperazine rings is 1. The number of rotatable bonds is 2. The van der Waals surface area contributed by atoms with Gasteiger partial charge >= 0.3 is 0 Å². The summed E-state index contributed by atoms with van der Waals surface area (Å²) in [5, 5.41) is 3.44. The summed E-state index contributed by atoms with van der Waals surface area (Å²) in [6, 6.07) is 4.73. The van der Waals surface area contributed by atoms with E-state index in [1.165, 1.54) is 5.56 Å². The van der Waals surface area contributed by atoms with Crippen LogP contribution in [-0.4, -0.2) is 35.6 Å². The van der Waals surface area contributed by atoms with Crippen LogP contribution in [0, 0.1) is 0 Å². The maximum Gasteiger partial charge on any atom is 0.106 e. The molecule has 0 aliphatic carbocycles. The summed E-state index contributed by atoms with van der Waals surface area (Å²) in [4.78, 5) is 6.70. The Balaban J connectivity index is 1.93. The molecule has 1 atom stereocenters. The van der Waals surface area contributed by atoms with Gasteiger partial charge in [-0.15, -0.1) is 0 Å². The second-order valence-corrected chi connectivity index (χ2v) is 4.89. The van der Waals surface area contributed by atoms with Crippen molar-refractivity contribution in [3.05, 3.63) is 28.5 Å². The summed E-state index contributed by atoms with van der Waals surface area (Å²) in [6.07, 6.45) is 1.94. The van der Waals surface area contributed by atoms with Crippen molar-refractivity contribution in [1.29, 1.82) is 0 Å². The summed E-state index contributed by atoms with van der Waals surface area (Å²) in [7, 11) is 0. The SMILES string of the molecule is C[C@@H]1CN(Cc2ccc(Br)nc2)CCN1. The smallest absolute Gasteiger partial charge is 0.106 e. The number of aromatic nitrogens is 1. The van der Waals surface area contributed by atoms with Gasteiger partial charge in [0.15, 0.2) is 0 Å². The number of nitrogens with zero attached hydrogens (tertiary/aromatic N) is 2. The third-order valence-electron chi connectivity index (χ3n) is 2.65. The molecule has 0 aromatic carbocycles. The van der Waals surface area contributed by atoms with E-state index in [4.69, 9.17) is 0 Å². The van der Waals surface area contributed by atoms with E-state index in [0.717, 1.165) is 30.8 Å². The predicted molar refractivity (Wildman–Crippen MR) is 64.7 cm³/mol. The Labute approximate surface area is 99.0 Å². The Morgan fingerprint density at radius 2 is 2.47 bits per heavy atom. The highest BCUT2D eigenvalue weighted by Gasteiger charge is 2.15. The van der Waals surface area contributed by atoms with E-state index in [0.29, 0.717) is 6.04 Å². The summed E-state index contributed by atoms with van der Waals surface area (Å²) in [6.45, 7) is 6.57. The molecular formula is C11H16BrN3. The molecule has 3 nitrogen and oxygen atoms in total. The van der Waals surface area contributed by atoms with Gasteiger partial charge in [-0.05, 0) is 34.5 Å². The first-order chi connectivity index (χ1) is 7.24. The maximum atomic E-state index is 4.24. The largest absolute Gasteiger partial charge is 0.312 e. The fourth-order valence-electron chi connectivity index (χ4n) is 1.91. The van der Waals surface area contributed by atoms with Crippen molar-refractivity contribution in [2.24, 2.45) is 0 Å². The normalized spacial score (nSPS) is 22.9. The quantitative estimate of drug-likeness (QED) is 0.828. The van der Waals surface area contributed by atoms with Crippen LogP contribution in [0.4, 0.5) is 0 Å². The molecule has 4 heteroatoms. The summed E-state index contributed by atoms with van der Waals surface area (Å²) >= 11 is 3.35. The number of nitrogens with one attached hydrogen (secondary N) is 1. The van der Waals surface area contributed by atoms with Gasteiger partial charge < -0.3 is 5.32 Å². The Bertz CT molecular complexity index is 312. The van der Waals surface area contributed by atoms with Crippen molar-refractivity contribution >= 4 is 15.9 Å². The highest BCUT2D eigenvalue weighted by Crippen LogP contribution is 2.10. The van der Waals surface area contributed by atoms with Crippen LogP contribution >= 0.6 is 15.9 Å². The molecule has 1 aliphatic rings. The summed E-state index contributed by atoms with van der Waals surface area (Å²) in [5.41, 5.74) is 1.28. The van der Waals surface area contributed by atoms with Crippen molar-refractivity contribution < 1.29 is 0 Å². The molecule has 0 bridgehead atoms. The number of hydrogen-bond acceptors (Lipinski definition) is 3. The lowest BCUT2D eigenvalue weighted by atomic mass is 10.2. The van der Waals surface area contributed by atoms with Crippen LogP contribution in [0.15, 0.2) is 22.9 Å². The molecule has 2 heterocycles. The van der Waals surface area contributed by atoms with Crippen molar-refractivity contribution in [2.45, 2.75) is 19.5 Å². The topological polar surface area (TPSA) is 28.2 Å². The van der Waals surface area contributed by atoms with Gasteiger partial charge in [-0.1, -0.05) is 6.07 Å². The molecule has 0 radical (unpaired) electrons. The predicted octanol–water partition coefficient (Wildman–Crippen LogP) is 1.64. The minimum Gasteiger partial charge on any atom is -0.312 e. The molecule has 82 valence electrons. The van der Waals surface area contributed by atoms with Gasteiger partial charge in [-0.25, -0.2) is 4.98 Å². The van der Waals surface area contributed by atoms with Gasteiger partial charge in [0.25, 0.3) is 0 Å². The van der Waals surface area contributed by atoms with E-state index in [1.54, 1.807) is 0 Å². The van der Waals surface area contributed by atoms with Crippen LogP contribution in [0.3, 0.4) is 0 Å². The zero-order chi connectivity index (χ0) is 10.7. The zero-order valence-electron chi connectivity index (χ0n) is 8.91. The van der Waals surface area contributed by atoms with Crippen molar-refractivity contribution in [1.82, 2.24) is 15.2 Å². The van der Waals surface area contributed by atoms with Gasteiger partial charge in [-0.3, -0.25) is 4.90 Å². The lowest BCUT2D eigenvalue weighted by Crippen LogP contribution is -2.48. The highest BCUT2D eigenvalue weighted by atomic mass is 79.9. The van der Waals surface area contributed by atoms with E-state index in [9.17, 15) is 0 Å². The molecule has 0 saturated carbocycles. The summed E-state index contributed by atoms with van der Waals surface area (Å²) in [5.74, 6) is 0. The molecule has 1 aromatic heterocycles. The van der Waals surface area contributed by atoms with Crippen LogP contribution in [0.2, 0.25) is 0 Å². The third-order valence-corrected chi connectivity index (χ3v) is 3.12. The van der Waals surface area contributed by atoms with Crippen molar-refractivity contribution in [2.75, 3.05) is 19.6 Å². The molecule has 1 aromatic rings. The van der Waals surface area contributed by atoms with E-state index >= 15 is 0 Å². The molecule has 1 saturated heterocycles. The van der Waals surface area contributed by atoms with Crippen molar-refractivity contribution in [3.63, 3.8) is 0 Å². The second-order valence-electron chi connectivity index (χ2n) is 4.08. The molecule has 1 aliphatic heterocycles. The molecule has 0 spiro atoms. The Morgan fingerprint density at radius 3 is 3.13 bits per heavy atom. The third kappa shape index (κ3) is 3.26. The van der Waals surface area contributed by atoms with Gasteiger partial charge in [0.05, 0.1) is 0 Å². The lowest BCUT2D eigenvalue weighted by Gasteiger charge is -2.31. The fraction of sp³-hybridized carbons (Fsp3) is 0.545. The van der Waals surface area contributed by atoms with Gasteiger partial charge in [0, 0.05) is 38.4 Å². The van der Waals surface area contributed by atoms with E-state index in [2.05, 4.69) is 44.1 Å². The van der Waals surface area contributed by atoms with E-state index < -0.39 is 0 Å². The van der Waals surface area contributed by atoms with Gasteiger partial charge in [0.1, 0.15) is 4.60 Å². The first-order valence-corrected chi connectivity index (χ1v) is 6.09. The first-order valence-electron chi connectivity index (χ1n) is 5.30. The average Bonchev–Trinajstić information content (AvgIpc) is 2.22. The van der Waals surface area contributed by atoms with Crippen LogP contribution in [-0.2, 0) is 6.54 Å². The standard InChI is InChI=1S/C11H16BrN3/c1-9-7-15(5-4-13-9)8-10-2-3-11(12)14-6-10/h2-3,6,9,13H,4-5,7-8H2,1H3/t9-/m1/s1.